The molecule has 4 nitrogen and oxygen atoms in total. The largest absolute Gasteiger partial charge is 4.00 e. The second-order valence-electron chi connectivity index (χ2n) is 11.4. The molecule has 0 atom stereocenters. The SMILES string of the molecule is [O-]c1ccccc1-c1ccccc1.[O-]c1ccccc1-c1ccccc1.[O-]c1ccccc1-c1ccccc1.[O-]c1ccccc1-c1ccccc1.[Ti+4]. The van der Waals surface area contributed by atoms with E-state index >= 15 is 0 Å². The van der Waals surface area contributed by atoms with Gasteiger partial charge in [-0.25, -0.2) is 0 Å². The zero-order chi connectivity index (χ0) is 36.4. The van der Waals surface area contributed by atoms with Gasteiger partial charge in [-0.05, 0) is 44.5 Å². The van der Waals surface area contributed by atoms with Crippen LogP contribution in [0.2, 0.25) is 0 Å². The molecule has 53 heavy (non-hydrogen) atoms. The quantitative estimate of drug-likeness (QED) is 0.169. The second-order valence-corrected chi connectivity index (χ2v) is 11.4. The molecule has 256 valence electrons. The van der Waals surface area contributed by atoms with Crippen LogP contribution in [0, 0.1) is 0 Å². The molecular formula is C48H36O4Ti. The molecule has 0 amide bonds. The summed E-state index contributed by atoms with van der Waals surface area (Å²) in [5, 5.41) is 45.7. The molecule has 0 heterocycles. The van der Waals surface area contributed by atoms with Crippen molar-refractivity contribution in [3.05, 3.63) is 218 Å². The van der Waals surface area contributed by atoms with Crippen molar-refractivity contribution in [3.63, 3.8) is 0 Å². The summed E-state index contributed by atoms with van der Waals surface area (Å²) in [5.41, 5.74) is 6.99. The fourth-order valence-electron chi connectivity index (χ4n) is 5.29. The third-order valence-corrected chi connectivity index (χ3v) is 7.89. The molecule has 8 aromatic rings. The Labute approximate surface area is 326 Å². The van der Waals surface area contributed by atoms with Crippen LogP contribution in [0.3, 0.4) is 0 Å². The molecule has 0 radical (unpaired) electrons. The third kappa shape index (κ3) is 11.9. The topological polar surface area (TPSA) is 92.2 Å². The summed E-state index contributed by atoms with van der Waals surface area (Å²) in [4.78, 5) is 0. The van der Waals surface area contributed by atoms with E-state index in [-0.39, 0.29) is 44.7 Å². The maximum Gasteiger partial charge on any atom is 4.00 e. The summed E-state index contributed by atoms with van der Waals surface area (Å²) >= 11 is 0. The van der Waals surface area contributed by atoms with Crippen molar-refractivity contribution < 1.29 is 42.1 Å². The molecule has 0 aromatic heterocycles. The minimum Gasteiger partial charge on any atom is -0.872 e. The fraction of sp³-hybridized carbons (Fsp3) is 0. The van der Waals surface area contributed by atoms with Crippen LogP contribution in [0.5, 0.6) is 23.0 Å². The van der Waals surface area contributed by atoms with Crippen molar-refractivity contribution in [2.45, 2.75) is 0 Å². The first-order valence-corrected chi connectivity index (χ1v) is 16.8. The summed E-state index contributed by atoms with van der Waals surface area (Å²) in [6.45, 7) is 0. The molecule has 0 unspecified atom stereocenters. The van der Waals surface area contributed by atoms with Gasteiger partial charge in [0.15, 0.2) is 0 Å². The van der Waals surface area contributed by atoms with E-state index in [1.807, 2.05) is 170 Å². The van der Waals surface area contributed by atoms with Crippen LogP contribution < -0.4 is 20.4 Å². The Morgan fingerprint density at radius 3 is 0.509 bits per heavy atom. The number of hydrogen-bond acceptors (Lipinski definition) is 4. The van der Waals surface area contributed by atoms with E-state index in [9.17, 15) is 20.4 Å². The monoisotopic (exact) mass is 724 g/mol. The minimum absolute atomic E-state index is 0. The third-order valence-electron chi connectivity index (χ3n) is 7.89. The minimum atomic E-state index is 0. The predicted molar refractivity (Wildman–Crippen MR) is 205 cm³/mol. The molecule has 8 rings (SSSR count). The van der Waals surface area contributed by atoms with E-state index in [0.717, 1.165) is 44.5 Å². The Morgan fingerprint density at radius 2 is 0.340 bits per heavy atom. The van der Waals surface area contributed by atoms with Gasteiger partial charge in [-0.15, -0.1) is 23.0 Å². The molecule has 0 saturated heterocycles. The van der Waals surface area contributed by atoms with E-state index in [4.69, 9.17) is 0 Å². The van der Waals surface area contributed by atoms with E-state index in [1.165, 1.54) is 0 Å². The second kappa shape index (κ2) is 21.1. The molecule has 0 bridgehead atoms. The van der Waals surface area contributed by atoms with Gasteiger partial charge in [0.1, 0.15) is 0 Å². The van der Waals surface area contributed by atoms with Crippen molar-refractivity contribution in [1.82, 2.24) is 0 Å². The molecule has 0 N–H and O–H groups in total. The molecule has 0 aliphatic carbocycles. The van der Waals surface area contributed by atoms with Gasteiger partial charge in [-0.2, -0.15) is 0 Å². The van der Waals surface area contributed by atoms with E-state index in [2.05, 4.69) is 0 Å². The Kier molecular flexibility index (Phi) is 15.7. The summed E-state index contributed by atoms with van der Waals surface area (Å²) in [5.74, 6) is 0.310. The zero-order valence-corrected chi connectivity index (χ0v) is 30.5. The van der Waals surface area contributed by atoms with Crippen LogP contribution >= 0.6 is 0 Å². The maximum atomic E-state index is 11.4. The zero-order valence-electron chi connectivity index (χ0n) is 28.9. The van der Waals surface area contributed by atoms with Gasteiger partial charge in [0.2, 0.25) is 0 Å². The van der Waals surface area contributed by atoms with Gasteiger partial charge in [-0.3, -0.25) is 0 Å². The van der Waals surface area contributed by atoms with E-state index < -0.39 is 0 Å². The Balaban J connectivity index is 0.000000157. The van der Waals surface area contributed by atoms with Crippen molar-refractivity contribution in [2.75, 3.05) is 0 Å². The van der Waals surface area contributed by atoms with Gasteiger partial charge >= 0.3 is 21.7 Å². The molecule has 0 saturated carbocycles. The number of benzene rings is 8. The summed E-state index contributed by atoms with van der Waals surface area (Å²) in [6.07, 6.45) is 0. The molecule has 0 aliphatic heterocycles. The Hall–Kier alpha value is -6.33. The number of hydrogen-bond donors (Lipinski definition) is 0. The van der Waals surface area contributed by atoms with Gasteiger partial charge in [0.25, 0.3) is 0 Å². The van der Waals surface area contributed by atoms with Crippen LogP contribution in [0.4, 0.5) is 0 Å². The van der Waals surface area contributed by atoms with Crippen LogP contribution in [0.1, 0.15) is 0 Å². The van der Waals surface area contributed by atoms with Crippen molar-refractivity contribution >= 4 is 0 Å². The average Bonchev–Trinajstić information content (AvgIpc) is 3.21. The normalized spacial score (nSPS) is 9.66. The molecular weight excluding hydrogens is 688 g/mol. The first kappa shape index (κ1) is 39.5. The number of rotatable bonds is 4. The summed E-state index contributed by atoms with van der Waals surface area (Å²) < 4.78 is 0. The first-order valence-electron chi connectivity index (χ1n) is 16.8. The number of para-hydroxylation sites is 4. The van der Waals surface area contributed by atoms with Crippen molar-refractivity contribution in [1.29, 1.82) is 0 Å². The van der Waals surface area contributed by atoms with Gasteiger partial charge in [0.05, 0.1) is 0 Å². The molecule has 0 spiro atoms. The van der Waals surface area contributed by atoms with Gasteiger partial charge < -0.3 is 20.4 Å². The fourth-order valence-corrected chi connectivity index (χ4v) is 5.29. The summed E-state index contributed by atoms with van der Waals surface area (Å²) in [7, 11) is 0. The smallest absolute Gasteiger partial charge is 0.872 e. The standard InChI is InChI=1S/4C12H10O.Ti/c4*13-12-9-5-4-8-11(12)10-6-2-1-3-7-10;/h4*1-9,13H;/q;;;;+4/p-4. The first-order chi connectivity index (χ1) is 25.5. The Morgan fingerprint density at radius 1 is 0.189 bits per heavy atom. The molecule has 8 aromatic carbocycles. The van der Waals surface area contributed by atoms with Crippen LogP contribution in [0.15, 0.2) is 218 Å². The Bertz CT molecular complexity index is 1900. The van der Waals surface area contributed by atoms with Gasteiger partial charge in [-0.1, -0.05) is 218 Å². The predicted octanol–water partition coefficient (Wildman–Crippen LogP) is 9.71. The van der Waals surface area contributed by atoms with E-state index in [1.54, 1.807) is 48.5 Å². The summed E-state index contributed by atoms with van der Waals surface area (Å²) in [6, 6.07) is 67.0. The van der Waals surface area contributed by atoms with Gasteiger partial charge in [0, 0.05) is 0 Å². The van der Waals surface area contributed by atoms with Crippen LogP contribution in [-0.4, -0.2) is 0 Å². The molecule has 5 heteroatoms. The van der Waals surface area contributed by atoms with E-state index in [0.29, 0.717) is 0 Å². The molecule has 0 fully saturated rings. The van der Waals surface area contributed by atoms with Crippen LogP contribution in [0.25, 0.3) is 44.5 Å². The maximum absolute atomic E-state index is 11.4. The van der Waals surface area contributed by atoms with Crippen molar-refractivity contribution in [2.24, 2.45) is 0 Å². The van der Waals surface area contributed by atoms with Crippen LogP contribution in [-0.2, 0) is 21.7 Å². The molecule has 0 aliphatic rings. The van der Waals surface area contributed by atoms with Crippen molar-refractivity contribution in [3.8, 4) is 67.5 Å². The average molecular weight is 725 g/mol.